The summed E-state index contributed by atoms with van der Waals surface area (Å²) in [6.45, 7) is 2.05. The molecule has 4 heteroatoms. The number of halogens is 1. The van der Waals surface area contributed by atoms with Crippen molar-refractivity contribution in [1.82, 2.24) is 9.97 Å². The molecule has 1 rings (SSSR count). The van der Waals surface area contributed by atoms with E-state index >= 15 is 0 Å². The van der Waals surface area contributed by atoms with E-state index in [-0.39, 0.29) is 6.10 Å². The van der Waals surface area contributed by atoms with Crippen molar-refractivity contribution in [2.75, 3.05) is 0 Å². The van der Waals surface area contributed by atoms with Crippen LogP contribution < -0.4 is 0 Å². The molecule has 0 aliphatic rings. The van der Waals surface area contributed by atoms with Crippen LogP contribution in [-0.4, -0.2) is 21.2 Å². The van der Waals surface area contributed by atoms with Crippen LogP contribution in [0.5, 0.6) is 0 Å². The van der Waals surface area contributed by atoms with E-state index in [1.165, 1.54) is 0 Å². The highest BCUT2D eigenvalue weighted by Crippen LogP contribution is 2.07. The topological polar surface area (TPSA) is 46.0 Å². The van der Waals surface area contributed by atoms with Gasteiger partial charge in [0.2, 0.25) is 0 Å². The van der Waals surface area contributed by atoms with Crippen molar-refractivity contribution in [2.45, 2.75) is 32.3 Å². The quantitative estimate of drug-likeness (QED) is 0.881. The Labute approximate surface area is 86.4 Å². The van der Waals surface area contributed by atoms with Crippen molar-refractivity contribution in [3.63, 3.8) is 0 Å². The zero-order valence-electron chi connectivity index (χ0n) is 7.57. The fraction of sp³-hybridized carbons (Fsp3) is 0.556. The summed E-state index contributed by atoms with van der Waals surface area (Å²) in [6.07, 6.45) is 5.41. The van der Waals surface area contributed by atoms with Gasteiger partial charge in [0, 0.05) is 18.8 Å². The predicted molar refractivity (Wildman–Crippen MR) is 54.4 cm³/mol. The van der Waals surface area contributed by atoms with Gasteiger partial charge in [-0.25, -0.2) is 9.97 Å². The second-order valence-corrected chi connectivity index (χ2v) is 3.88. The van der Waals surface area contributed by atoms with Gasteiger partial charge >= 0.3 is 0 Å². The van der Waals surface area contributed by atoms with E-state index < -0.39 is 0 Å². The minimum absolute atomic E-state index is 0.314. The van der Waals surface area contributed by atoms with Gasteiger partial charge in [-0.3, -0.25) is 0 Å². The molecule has 0 amide bonds. The zero-order valence-corrected chi connectivity index (χ0v) is 9.16. The van der Waals surface area contributed by atoms with Crippen LogP contribution in [0.2, 0.25) is 0 Å². The minimum atomic E-state index is -0.314. The molecule has 13 heavy (non-hydrogen) atoms. The highest BCUT2D eigenvalue weighted by atomic mass is 79.9. The van der Waals surface area contributed by atoms with Crippen LogP contribution in [0.1, 0.15) is 25.6 Å². The molecule has 0 spiro atoms. The summed E-state index contributed by atoms with van der Waals surface area (Å²) < 4.78 is 0.862. The Hall–Kier alpha value is -0.480. The van der Waals surface area contributed by atoms with Gasteiger partial charge in [0.25, 0.3) is 0 Å². The molecule has 0 saturated carbocycles. The van der Waals surface area contributed by atoms with E-state index in [1.807, 2.05) is 6.92 Å². The molecule has 1 heterocycles. The fourth-order valence-electron chi connectivity index (χ4n) is 1.09. The van der Waals surface area contributed by atoms with Crippen molar-refractivity contribution < 1.29 is 5.11 Å². The highest BCUT2D eigenvalue weighted by molar-refractivity contribution is 9.10. The van der Waals surface area contributed by atoms with Gasteiger partial charge in [-0.15, -0.1) is 0 Å². The molecular weight excluding hydrogens is 232 g/mol. The van der Waals surface area contributed by atoms with Gasteiger partial charge < -0.3 is 5.11 Å². The lowest BCUT2D eigenvalue weighted by Crippen LogP contribution is -2.11. The summed E-state index contributed by atoms with van der Waals surface area (Å²) >= 11 is 3.25. The lowest BCUT2D eigenvalue weighted by atomic mass is 10.1. The number of rotatable bonds is 4. The van der Waals surface area contributed by atoms with E-state index in [0.29, 0.717) is 12.2 Å². The average molecular weight is 245 g/mol. The maximum absolute atomic E-state index is 9.48. The Kier molecular flexibility index (Phi) is 4.32. The van der Waals surface area contributed by atoms with Crippen molar-refractivity contribution in [2.24, 2.45) is 0 Å². The Morgan fingerprint density at radius 2 is 2.08 bits per heavy atom. The van der Waals surface area contributed by atoms with Gasteiger partial charge in [-0.1, -0.05) is 13.3 Å². The molecule has 1 unspecified atom stereocenters. The molecule has 1 N–H and O–H groups in total. The lowest BCUT2D eigenvalue weighted by molar-refractivity contribution is 0.161. The van der Waals surface area contributed by atoms with E-state index in [1.54, 1.807) is 12.4 Å². The van der Waals surface area contributed by atoms with Crippen LogP contribution in [0.3, 0.4) is 0 Å². The van der Waals surface area contributed by atoms with Gasteiger partial charge in [0.15, 0.2) is 0 Å². The van der Waals surface area contributed by atoms with E-state index in [2.05, 4.69) is 25.9 Å². The van der Waals surface area contributed by atoms with Gasteiger partial charge in [0.1, 0.15) is 5.82 Å². The molecule has 72 valence electrons. The number of hydrogen-bond acceptors (Lipinski definition) is 3. The number of hydrogen-bond donors (Lipinski definition) is 1. The average Bonchev–Trinajstić information content (AvgIpc) is 2.09. The Morgan fingerprint density at radius 3 is 2.62 bits per heavy atom. The van der Waals surface area contributed by atoms with Crippen LogP contribution in [0.15, 0.2) is 16.9 Å². The van der Waals surface area contributed by atoms with Crippen molar-refractivity contribution in [1.29, 1.82) is 0 Å². The van der Waals surface area contributed by atoms with Crippen molar-refractivity contribution in [3.8, 4) is 0 Å². The molecule has 3 nitrogen and oxygen atoms in total. The van der Waals surface area contributed by atoms with E-state index in [0.717, 1.165) is 17.3 Å². The second-order valence-electron chi connectivity index (χ2n) is 2.96. The van der Waals surface area contributed by atoms with Gasteiger partial charge in [0.05, 0.1) is 10.6 Å². The van der Waals surface area contributed by atoms with Gasteiger partial charge in [-0.2, -0.15) is 0 Å². The largest absolute Gasteiger partial charge is 0.393 e. The third kappa shape index (κ3) is 3.83. The normalized spacial score (nSPS) is 12.8. The molecule has 0 aliphatic heterocycles. The number of aromatic nitrogens is 2. The Bertz CT molecular complexity index is 250. The standard InChI is InChI=1S/C9H13BrN2O/c1-2-3-8(13)4-9-11-5-7(10)6-12-9/h5-6,8,13H,2-4H2,1H3. The Morgan fingerprint density at radius 1 is 1.46 bits per heavy atom. The monoisotopic (exact) mass is 244 g/mol. The molecule has 0 saturated heterocycles. The molecule has 0 bridgehead atoms. The minimum Gasteiger partial charge on any atom is -0.393 e. The molecule has 0 fully saturated rings. The van der Waals surface area contributed by atoms with Gasteiger partial charge in [-0.05, 0) is 22.4 Å². The maximum atomic E-state index is 9.48. The molecule has 0 radical (unpaired) electrons. The molecule has 1 atom stereocenters. The summed E-state index contributed by atoms with van der Waals surface area (Å²) in [5, 5.41) is 9.48. The first-order valence-electron chi connectivity index (χ1n) is 4.37. The summed E-state index contributed by atoms with van der Waals surface area (Å²) in [5.41, 5.74) is 0. The first-order chi connectivity index (χ1) is 6.22. The summed E-state index contributed by atoms with van der Waals surface area (Å²) in [5.74, 6) is 0.698. The van der Waals surface area contributed by atoms with E-state index in [4.69, 9.17) is 0 Å². The Balaban J connectivity index is 2.49. The summed E-state index contributed by atoms with van der Waals surface area (Å²) in [6, 6.07) is 0. The van der Waals surface area contributed by atoms with Crippen molar-refractivity contribution >= 4 is 15.9 Å². The zero-order chi connectivity index (χ0) is 9.68. The van der Waals surface area contributed by atoms with Crippen molar-refractivity contribution in [3.05, 3.63) is 22.7 Å². The highest BCUT2D eigenvalue weighted by Gasteiger charge is 2.05. The third-order valence-electron chi connectivity index (χ3n) is 1.71. The van der Waals surface area contributed by atoms with Crippen LogP contribution in [0.4, 0.5) is 0 Å². The maximum Gasteiger partial charge on any atom is 0.130 e. The molecular formula is C9H13BrN2O. The molecule has 1 aromatic rings. The van der Waals surface area contributed by atoms with Crippen LogP contribution in [-0.2, 0) is 6.42 Å². The number of nitrogens with zero attached hydrogens (tertiary/aromatic N) is 2. The van der Waals surface area contributed by atoms with E-state index in [9.17, 15) is 5.11 Å². The predicted octanol–water partition coefficient (Wildman–Crippen LogP) is 1.94. The summed E-state index contributed by atoms with van der Waals surface area (Å²) in [7, 11) is 0. The smallest absolute Gasteiger partial charge is 0.130 e. The number of aliphatic hydroxyl groups excluding tert-OH is 1. The second kappa shape index (κ2) is 5.29. The lowest BCUT2D eigenvalue weighted by Gasteiger charge is -2.06. The third-order valence-corrected chi connectivity index (χ3v) is 2.12. The first-order valence-corrected chi connectivity index (χ1v) is 5.16. The molecule has 1 aromatic heterocycles. The fourth-order valence-corrected chi connectivity index (χ4v) is 1.30. The number of aliphatic hydroxyl groups is 1. The van der Waals surface area contributed by atoms with Crippen LogP contribution >= 0.6 is 15.9 Å². The SMILES string of the molecule is CCCC(O)Cc1ncc(Br)cn1. The summed E-state index contributed by atoms with van der Waals surface area (Å²) in [4.78, 5) is 8.17. The molecule has 0 aromatic carbocycles. The first kappa shape index (κ1) is 10.6. The molecule has 0 aliphatic carbocycles. The van der Waals surface area contributed by atoms with Crippen LogP contribution in [0, 0.1) is 0 Å². The van der Waals surface area contributed by atoms with Crippen LogP contribution in [0.25, 0.3) is 0 Å².